The second-order valence-electron chi connectivity index (χ2n) is 10.0. The van der Waals surface area contributed by atoms with Crippen molar-refractivity contribution in [2.45, 2.75) is 90.6 Å². The van der Waals surface area contributed by atoms with Crippen molar-refractivity contribution >= 4 is 5.97 Å². The number of ether oxygens (including phenoxy) is 2. The van der Waals surface area contributed by atoms with E-state index in [1.54, 1.807) is 0 Å². The zero-order valence-electron chi connectivity index (χ0n) is 21.9. The lowest BCUT2D eigenvalue weighted by Crippen LogP contribution is -2.51. The van der Waals surface area contributed by atoms with Gasteiger partial charge in [-0.1, -0.05) is 101 Å². The quantitative estimate of drug-likeness (QED) is 0.106. The number of quaternary nitrogens is 1. The van der Waals surface area contributed by atoms with E-state index in [-0.39, 0.29) is 18.8 Å². The highest BCUT2D eigenvalue weighted by Gasteiger charge is 2.32. The van der Waals surface area contributed by atoms with Gasteiger partial charge in [0.05, 0.1) is 14.1 Å². The van der Waals surface area contributed by atoms with E-state index in [1.807, 2.05) is 37.3 Å². The Morgan fingerprint density at radius 1 is 0.824 bits per heavy atom. The minimum Gasteiger partial charge on any atom is -0.457 e. The van der Waals surface area contributed by atoms with Crippen LogP contribution in [0.25, 0.3) is 0 Å². The molecule has 1 atom stereocenters. The number of rotatable bonds is 17. The van der Waals surface area contributed by atoms with Crippen molar-refractivity contribution in [3.05, 3.63) is 65.7 Å². The Hall–Kier alpha value is -2.33. The molecule has 0 heterocycles. The average molecular weight is 469 g/mol. The maximum Gasteiger partial charge on any atom is 0.367 e. The first-order valence-electron chi connectivity index (χ1n) is 13.2. The van der Waals surface area contributed by atoms with Gasteiger partial charge in [-0.3, -0.25) is 0 Å². The van der Waals surface area contributed by atoms with Crippen molar-refractivity contribution in [2.24, 2.45) is 0 Å². The Morgan fingerprint density at radius 2 is 1.44 bits per heavy atom. The summed E-state index contributed by atoms with van der Waals surface area (Å²) in [5.74, 6) is 0.513. The first kappa shape index (κ1) is 27.9. The maximum absolute atomic E-state index is 12.6. The van der Waals surface area contributed by atoms with E-state index in [0.717, 1.165) is 18.7 Å². The van der Waals surface area contributed by atoms with E-state index in [9.17, 15) is 4.79 Å². The molecular weight excluding hydrogens is 422 g/mol. The maximum atomic E-state index is 12.6. The number of esters is 1. The molecule has 0 aliphatic heterocycles. The molecule has 0 fully saturated rings. The smallest absolute Gasteiger partial charge is 0.367 e. The Bertz CT molecular complexity index is 819. The zero-order chi connectivity index (χ0) is 24.7. The first-order chi connectivity index (χ1) is 16.4. The Balaban J connectivity index is 1.66. The highest BCUT2D eigenvalue weighted by molar-refractivity contribution is 5.74. The van der Waals surface area contributed by atoms with Crippen LogP contribution in [0, 0.1) is 0 Å². The summed E-state index contributed by atoms with van der Waals surface area (Å²) in [6.07, 6.45) is 13.1. The van der Waals surface area contributed by atoms with Crippen LogP contribution < -0.4 is 4.74 Å². The minimum atomic E-state index is -0.290. The van der Waals surface area contributed by atoms with Crippen LogP contribution in [-0.4, -0.2) is 37.4 Å². The molecule has 2 rings (SSSR count). The summed E-state index contributed by atoms with van der Waals surface area (Å²) in [7, 11) is 4.10. The summed E-state index contributed by atoms with van der Waals surface area (Å²) >= 11 is 0. The van der Waals surface area contributed by atoms with Gasteiger partial charge in [-0.25, -0.2) is 4.79 Å². The number of carbonyl (C=O) groups excluding carboxylic acids is 1. The lowest BCUT2D eigenvalue weighted by molar-refractivity contribution is -0.917. The van der Waals surface area contributed by atoms with Gasteiger partial charge >= 0.3 is 5.97 Å². The fourth-order valence-corrected chi connectivity index (χ4v) is 4.18. The summed E-state index contributed by atoms with van der Waals surface area (Å²) in [5.41, 5.74) is 2.48. The second kappa shape index (κ2) is 15.5. The Labute approximate surface area is 207 Å². The van der Waals surface area contributed by atoms with Gasteiger partial charge in [0.25, 0.3) is 0 Å². The van der Waals surface area contributed by atoms with E-state index in [2.05, 4.69) is 45.3 Å². The van der Waals surface area contributed by atoms with Crippen LogP contribution in [0.2, 0.25) is 0 Å². The molecule has 0 saturated carbocycles. The van der Waals surface area contributed by atoms with E-state index in [4.69, 9.17) is 9.47 Å². The number of hydrogen-bond donors (Lipinski definition) is 0. The van der Waals surface area contributed by atoms with Gasteiger partial charge in [-0.15, -0.1) is 0 Å². The SMILES string of the molecule is CCCCCCCCCCCc1cccc(OCOC(=O)C(C)[N+](C)(C)Cc2ccccc2)c1. The molecule has 0 bridgehead atoms. The van der Waals surface area contributed by atoms with Crippen molar-refractivity contribution in [2.75, 3.05) is 20.9 Å². The molecular formula is C30H46NO3+. The van der Waals surface area contributed by atoms with E-state index >= 15 is 0 Å². The molecule has 34 heavy (non-hydrogen) atoms. The fraction of sp³-hybridized carbons (Fsp3) is 0.567. The Kier molecular flexibility index (Phi) is 12.8. The van der Waals surface area contributed by atoms with E-state index in [0.29, 0.717) is 4.48 Å². The fourth-order valence-electron chi connectivity index (χ4n) is 4.18. The highest BCUT2D eigenvalue weighted by atomic mass is 16.7. The van der Waals surface area contributed by atoms with Crippen LogP contribution in [-0.2, 0) is 22.5 Å². The number of hydrogen-bond acceptors (Lipinski definition) is 3. The normalized spacial score (nSPS) is 12.4. The van der Waals surface area contributed by atoms with Crippen LogP contribution in [0.15, 0.2) is 54.6 Å². The molecule has 2 aromatic rings. The summed E-state index contributed by atoms with van der Waals surface area (Å²) in [6, 6.07) is 18.1. The van der Waals surface area contributed by atoms with Crippen LogP contribution in [0.1, 0.15) is 82.8 Å². The largest absolute Gasteiger partial charge is 0.457 e. The molecule has 0 radical (unpaired) electrons. The third kappa shape index (κ3) is 10.7. The molecule has 0 aliphatic carbocycles. The average Bonchev–Trinajstić information content (AvgIpc) is 2.83. The van der Waals surface area contributed by atoms with Crippen LogP contribution in [0.4, 0.5) is 0 Å². The Morgan fingerprint density at radius 3 is 2.12 bits per heavy atom. The summed E-state index contributed by atoms with van der Waals surface area (Å²) < 4.78 is 11.7. The van der Waals surface area contributed by atoms with Crippen molar-refractivity contribution in [3.63, 3.8) is 0 Å². The molecule has 0 N–H and O–H groups in total. The van der Waals surface area contributed by atoms with Gasteiger partial charge in [-0.2, -0.15) is 0 Å². The van der Waals surface area contributed by atoms with Gasteiger partial charge < -0.3 is 14.0 Å². The van der Waals surface area contributed by atoms with Crippen molar-refractivity contribution < 1.29 is 18.8 Å². The molecule has 0 spiro atoms. The number of carbonyl (C=O) groups is 1. The summed E-state index contributed by atoms with van der Waals surface area (Å²) in [5, 5.41) is 0. The third-order valence-corrected chi connectivity index (χ3v) is 6.72. The molecule has 0 aliphatic rings. The predicted octanol–water partition coefficient (Wildman–Crippen LogP) is 7.30. The van der Waals surface area contributed by atoms with Gasteiger partial charge in [0.15, 0.2) is 6.04 Å². The van der Waals surface area contributed by atoms with Gasteiger partial charge in [0, 0.05) is 5.56 Å². The molecule has 0 saturated heterocycles. The highest BCUT2D eigenvalue weighted by Crippen LogP contribution is 2.18. The van der Waals surface area contributed by atoms with Crippen molar-refractivity contribution in [3.8, 4) is 5.75 Å². The number of nitrogens with zero attached hydrogens (tertiary/aromatic N) is 1. The molecule has 4 heteroatoms. The van der Waals surface area contributed by atoms with Crippen LogP contribution in [0.3, 0.4) is 0 Å². The molecule has 188 valence electrons. The van der Waals surface area contributed by atoms with Crippen molar-refractivity contribution in [1.82, 2.24) is 0 Å². The molecule has 0 aromatic heterocycles. The van der Waals surface area contributed by atoms with Crippen LogP contribution >= 0.6 is 0 Å². The summed E-state index contributed by atoms with van der Waals surface area (Å²) in [6.45, 7) is 4.88. The van der Waals surface area contributed by atoms with Crippen molar-refractivity contribution in [1.29, 1.82) is 0 Å². The predicted molar refractivity (Wildman–Crippen MR) is 141 cm³/mol. The molecule has 0 amide bonds. The molecule has 4 nitrogen and oxygen atoms in total. The lowest BCUT2D eigenvalue weighted by atomic mass is 10.0. The second-order valence-corrected chi connectivity index (χ2v) is 10.0. The summed E-state index contributed by atoms with van der Waals surface area (Å²) in [4.78, 5) is 12.6. The lowest BCUT2D eigenvalue weighted by Gasteiger charge is -2.34. The molecule has 1 unspecified atom stereocenters. The zero-order valence-corrected chi connectivity index (χ0v) is 21.9. The standard InChI is InChI=1S/C30H46NO3/c1-5-6-7-8-9-10-11-12-14-18-27-21-17-22-29(23-27)33-25-34-30(32)26(2)31(3,4)24-28-19-15-13-16-20-28/h13,15-17,19-23,26H,5-12,14,18,24-25H2,1-4H3/q+1. The van der Waals surface area contributed by atoms with Gasteiger partial charge in [0.2, 0.25) is 6.79 Å². The van der Waals surface area contributed by atoms with Gasteiger partial charge in [0.1, 0.15) is 12.3 Å². The first-order valence-corrected chi connectivity index (χ1v) is 13.2. The number of aryl methyl sites for hydroxylation is 1. The minimum absolute atomic E-state index is 0.0595. The van der Waals surface area contributed by atoms with E-state index in [1.165, 1.54) is 68.9 Å². The van der Waals surface area contributed by atoms with Crippen LogP contribution in [0.5, 0.6) is 5.75 Å². The molecule has 2 aromatic carbocycles. The monoisotopic (exact) mass is 468 g/mol. The van der Waals surface area contributed by atoms with E-state index < -0.39 is 0 Å². The number of unbranched alkanes of at least 4 members (excludes halogenated alkanes) is 8. The number of likely N-dealkylation sites (N-methyl/N-ethyl adjacent to an activating group) is 1. The topological polar surface area (TPSA) is 35.5 Å². The van der Waals surface area contributed by atoms with Gasteiger partial charge in [-0.05, 0) is 37.5 Å². The number of benzene rings is 2. The third-order valence-electron chi connectivity index (χ3n) is 6.72.